The average Bonchev–Trinajstić information content (AvgIpc) is 3.85. The molecule has 5 atom stereocenters. The summed E-state index contributed by atoms with van der Waals surface area (Å²) in [4.78, 5) is 78.1. The maximum Gasteiger partial charge on any atom is 0.348 e. The quantitative estimate of drug-likeness (QED) is 0.0646. The van der Waals surface area contributed by atoms with Crippen LogP contribution in [0.25, 0.3) is 6.08 Å². The van der Waals surface area contributed by atoms with Crippen molar-refractivity contribution < 1.29 is 62.3 Å². The lowest BCUT2D eigenvalue weighted by atomic mass is 9.90. The lowest BCUT2D eigenvalue weighted by Gasteiger charge is -2.31. The first-order valence-corrected chi connectivity index (χ1v) is 22.5. The number of esters is 4. The van der Waals surface area contributed by atoms with E-state index in [1.807, 2.05) is 60.7 Å². The normalized spacial score (nSPS) is 20.9. The van der Waals surface area contributed by atoms with Crippen molar-refractivity contribution in [2.24, 2.45) is 5.41 Å². The summed E-state index contributed by atoms with van der Waals surface area (Å²) in [5, 5.41) is 15.6. The molecule has 0 unspecified atom stereocenters. The van der Waals surface area contributed by atoms with Gasteiger partial charge >= 0.3 is 23.9 Å². The fourth-order valence-electron chi connectivity index (χ4n) is 8.06. The number of benzene rings is 4. The lowest BCUT2D eigenvalue weighted by Crippen LogP contribution is -2.43. The first-order chi connectivity index (χ1) is 32.4. The van der Waals surface area contributed by atoms with Gasteiger partial charge in [0.25, 0.3) is 5.91 Å². The first-order valence-electron chi connectivity index (χ1n) is 22.5. The van der Waals surface area contributed by atoms with E-state index in [1.54, 1.807) is 89.2 Å². The van der Waals surface area contributed by atoms with Gasteiger partial charge in [0.2, 0.25) is 17.8 Å². The van der Waals surface area contributed by atoms with Gasteiger partial charge in [-0.15, -0.1) is 0 Å². The molecular formula is C53H56N2O13. The minimum Gasteiger partial charge on any atom is -0.462 e. The summed E-state index contributed by atoms with van der Waals surface area (Å²) >= 11 is 0. The van der Waals surface area contributed by atoms with Gasteiger partial charge in [0, 0.05) is 53.1 Å². The Kier molecular flexibility index (Phi) is 15.1. The number of rotatable bonds is 16. The maximum atomic E-state index is 14.0. The highest BCUT2D eigenvalue weighted by atomic mass is 16.8. The second-order valence-corrected chi connectivity index (χ2v) is 18.6. The van der Waals surface area contributed by atoms with E-state index in [-0.39, 0.29) is 55.7 Å². The molecule has 2 fully saturated rings. The summed E-state index contributed by atoms with van der Waals surface area (Å²) in [6, 6.07) is 31.0. The zero-order valence-electron chi connectivity index (χ0n) is 38.6. The van der Waals surface area contributed by atoms with Crippen molar-refractivity contribution in [2.45, 2.75) is 102 Å². The molecule has 0 bridgehead atoms. The number of fused-ring (bicyclic) bond motifs is 1. The number of aliphatic hydroxyl groups excluding tert-OH is 1. The summed E-state index contributed by atoms with van der Waals surface area (Å²) in [5.41, 5.74) is 2.04. The fourth-order valence-corrected chi connectivity index (χ4v) is 8.06. The molecule has 1 aliphatic carbocycles. The summed E-state index contributed by atoms with van der Waals surface area (Å²) in [6.45, 7) is 8.63. The van der Waals surface area contributed by atoms with Gasteiger partial charge in [-0.1, -0.05) is 98.8 Å². The Morgan fingerprint density at radius 2 is 1.51 bits per heavy atom. The van der Waals surface area contributed by atoms with E-state index in [2.05, 4.69) is 10.6 Å². The van der Waals surface area contributed by atoms with Crippen molar-refractivity contribution >= 4 is 41.8 Å². The molecule has 2 saturated heterocycles. The number of ether oxygens (including phenoxy) is 6. The summed E-state index contributed by atoms with van der Waals surface area (Å²) in [7, 11) is 0. The highest BCUT2D eigenvalue weighted by molar-refractivity contribution is 5.96. The number of hydrogen-bond acceptors (Lipinski definition) is 13. The van der Waals surface area contributed by atoms with Crippen molar-refractivity contribution in [3.05, 3.63) is 160 Å². The molecule has 4 aromatic carbocycles. The Hall–Kier alpha value is -6.94. The smallest absolute Gasteiger partial charge is 0.348 e. The molecule has 2 heterocycles. The highest BCUT2D eigenvalue weighted by Gasteiger charge is 2.55. The molecule has 2 amide bonds. The van der Waals surface area contributed by atoms with Crippen LogP contribution in [0.5, 0.6) is 0 Å². The molecule has 15 nitrogen and oxygen atoms in total. The van der Waals surface area contributed by atoms with Crippen LogP contribution in [0.15, 0.2) is 127 Å². The molecular weight excluding hydrogens is 873 g/mol. The summed E-state index contributed by atoms with van der Waals surface area (Å²) < 4.78 is 35.6. The van der Waals surface area contributed by atoms with E-state index in [0.29, 0.717) is 22.3 Å². The molecule has 0 spiro atoms. The maximum absolute atomic E-state index is 14.0. The van der Waals surface area contributed by atoms with Crippen molar-refractivity contribution in [3.63, 3.8) is 0 Å². The number of nitrogens with one attached hydrogen (secondary N) is 2. The highest BCUT2D eigenvalue weighted by Crippen LogP contribution is 2.47. The van der Waals surface area contributed by atoms with Crippen LogP contribution in [0.2, 0.25) is 0 Å². The van der Waals surface area contributed by atoms with Crippen LogP contribution < -0.4 is 10.6 Å². The molecule has 2 aliphatic heterocycles. The number of carbonyl (C=O) groups is 6. The predicted octanol–water partition coefficient (Wildman–Crippen LogP) is 6.26. The Balaban J connectivity index is 1.05. The average molecular weight is 929 g/mol. The number of carbonyl (C=O) groups excluding carboxylic acids is 6. The monoisotopic (exact) mass is 928 g/mol. The van der Waals surface area contributed by atoms with Crippen LogP contribution in [-0.2, 0) is 59.9 Å². The third-order valence-electron chi connectivity index (χ3n) is 11.6. The van der Waals surface area contributed by atoms with Gasteiger partial charge in [0.05, 0.1) is 18.2 Å². The Morgan fingerprint density at radius 3 is 2.13 bits per heavy atom. The van der Waals surface area contributed by atoms with Gasteiger partial charge in [0.1, 0.15) is 30.5 Å². The molecule has 0 saturated carbocycles. The van der Waals surface area contributed by atoms with E-state index >= 15 is 0 Å². The third kappa shape index (κ3) is 12.0. The van der Waals surface area contributed by atoms with Crippen LogP contribution in [-0.4, -0.2) is 90.1 Å². The van der Waals surface area contributed by atoms with Crippen LogP contribution in [0.1, 0.15) is 96.9 Å². The van der Waals surface area contributed by atoms with Crippen molar-refractivity contribution in [1.29, 1.82) is 0 Å². The standard InChI is InChI=1S/C53H56N2O13/c1-51(2,3)67-44(58)26-24-40(31-56)55-48(60)36-14-12-13-34(27-36)30-54-47(59)37-28-41(45-42(29-37)66-53(68-45,38-15-8-6-9-16-38)39-17-10-7-11-18-39)64-49(61)35-22-19-33(20-23-35)21-25-43(57)65-46-50(62)63-32-52(46,4)5/h6-23,25,27,29,40-42,45-46,56H,24,26,28,30-32H2,1-5H3,(H,54,59)(H,55,60)/t40-,41+,42+,45-,46-/m0/s1. The van der Waals surface area contributed by atoms with Gasteiger partial charge in [-0.3, -0.25) is 14.4 Å². The van der Waals surface area contributed by atoms with E-state index < -0.39 is 83.0 Å². The topological polar surface area (TPSA) is 202 Å². The molecule has 0 radical (unpaired) electrons. The van der Waals surface area contributed by atoms with Gasteiger partial charge in [-0.25, -0.2) is 14.4 Å². The lowest BCUT2D eigenvalue weighted by molar-refractivity contribution is -0.159. The van der Waals surface area contributed by atoms with E-state index in [1.165, 1.54) is 12.2 Å². The number of hydrogen-bond donors (Lipinski definition) is 3. The van der Waals surface area contributed by atoms with Gasteiger partial charge in [0.15, 0.2) is 0 Å². The summed E-state index contributed by atoms with van der Waals surface area (Å²) in [6.07, 6.45) is 0.858. The van der Waals surface area contributed by atoms with Gasteiger partial charge in [-0.05, 0) is 74.7 Å². The fraction of sp³-hybridized carbons (Fsp3) is 0.358. The van der Waals surface area contributed by atoms with Gasteiger partial charge in [-0.2, -0.15) is 0 Å². The zero-order valence-corrected chi connectivity index (χ0v) is 38.6. The Bertz CT molecular complexity index is 2510. The molecule has 15 heteroatoms. The number of cyclic esters (lactones) is 1. The van der Waals surface area contributed by atoms with Crippen LogP contribution in [0.4, 0.5) is 0 Å². The summed E-state index contributed by atoms with van der Waals surface area (Å²) in [5.74, 6) is -4.77. The Labute approximate surface area is 394 Å². The number of amides is 2. The molecule has 7 rings (SSSR count). The van der Waals surface area contributed by atoms with Crippen LogP contribution in [0.3, 0.4) is 0 Å². The molecule has 4 aromatic rings. The Morgan fingerprint density at radius 1 is 0.838 bits per heavy atom. The van der Waals surface area contributed by atoms with Crippen LogP contribution >= 0.6 is 0 Å². The molecule has 3 aliphatic rings. The van der Waals surface area contributed by atoms with E-state index in [0.717, 1.165) is 0 Å². The molecule has 68 heavy (non-hydrogen) atoms. The second kappa shape index (κ2) is 20.9. The van der Waals surface area contributed by atoms with E-state index in [9.17, 15) is 33.9 Å². The van der Waals surface area contributed by atoms with Crippen molar-refractivity contribution in [1.82, 2.24) is 10.6 Å². The molecule has 3 N–H and O–H groups in total. The second-order valence-electron chi connectivity index (χ2n) is 18.6. The zero-order chi connectivity index (χ0) is 48.6. The van der Waals surface area contributed by atoms with Crippen molar-refractivity contribution in [3.8, 4) is 0 Å². The minimum atomic E-state index is -1.42. The van der Waals surface area contributed by atoms with Gasteiger partial charge < -0.3 is 44.2 Å². The van der Waals surface area contributed by atoms with E-state index in [4.69, 9.17) is 28.4 Å². The van der Waals surface area contributed by atoms with Crippen molar-refractivity contribution in [2.75, 3.05) is 13.2 Å². The SMILES string of the molecule is CC(C)(C)OC(=O)CC[C@@H](CO)NC(=O)c1cccc(CNC(=O)C2=C[C@H]3OC(c4ccccc4)(c4ccccc4)O[C@H]3[C@H](OC(=O)c3ccc(C=CC(=O)O[C@H]4C(=O)OCC4(C)C)cc3)C2)c1. The molecule has 0 aromatic heterocycles. The molecule has 356 valence electrons. The predicted molar refractivity (Wildman–Crippen MR) is 247 cm³/mol. The number of aliphatic hydroxyl groups is 1. The first kappa shape index (κ1) is 49.0. The van der Waals surface area contributed by atoms with Crippen LogP contribution in [0, 0.1) is 5.41 Å². The third-order valence-corrected chi connectivity index (χ3v) is 11.6. The minimum absolute atomic E-state index is 0.0110. The largest absolute Gasteiger partial charge is 0.462 e.